The maximum absolute atomic E-state index is 13.4. The van der Waals surface area contributed by atoms with Crippen LogP contribution >= 0.6 is 15.9 Å². The van der Waals surface area contributed by atoms with E-state index in [1.54, 1.807) is 0 Å². The second-order valence-electron chi connectivity index (χ2n) is 8.65. The van der Waals surface area contributed by atoms with Gasteiger partial charge < -0.3 is 24.9 Å². The van der Waals surface area contributed by atoms with Gasteiger partial charge in [-0.15, -0.1) is 0 Å². The number of hydrogen-bond acceptors (Lipinski definition) is 7. The molecule has 1 aliphatic rings. The van der Waals surface area contributed by atoms with Crippen LogP contribution in [0.3, 0.4) is 0 Å². The highest BCUT2D eigenvalue weighted by molar-refractivity contribution is 9.10. The normalized spacial score (nSPS) is 18.5. The van der Waals surface area contributed by atoms with E-state index < -0.39 is 24.6 Å². The molecule has 10 heteroatoms. The molecule has 1 amide bonds. The predicted octanol–water partition coefficient (Wildman–Crippen LogP) is 2.66. The Labute approximate surface area is 202 Å². The first-order valence-corrected chi connectivity index (χ1v) is 11.7. The molecule has 3 N–H and O–H groups in total. The van der Waals surface area contributed by atoms with Crippen molar-refractivity contribution < 1.29 is 24.4 Å². The minimum absolute atomic E-state index is 0.165. The van der Waals surface area contributed by atoms with Gasteiger partial charge >= 0.3 is 7.12 Å². The maximum Gasteiger partial charge on any atom is 0.475 e. The van der Waals surface area contributed by atoms with E-state index in [9.17, 15) is 14.8 Å². The lowest BCUT2D eigenvalue weighted by Crippen LogP contribution is -2.56. The van der Waals surface area contributed by atoms with E-state index in [-0.39, 0.29) is 25.4 Å². The Morgan fingerprint density at radius 3 is 2.64 bits per heavy atom. The van der Waals surface area contributed by atoms with Gasteiger partial charge in [-0.2, -0.15) is 0 Å². The summed E-state index contributed by atoms with van der Waals surface area (Å²) in [6, 6.07) is 15.1. The van der Waals surface area contributed by atoms with Crippen LogP contribution in [0.2, 0.25) is 0 Å². The summed E-state index contributed by atoms with van der Waals surface area (Å²) < 4.78 is 6.48. The van der Waals surface area contributed by atoms with Gasteiger partial charge in [0.05, 0.1) is 30.6 Å². The lowest BCUT2D eigenvalue weighted by molar-refractivity contribution is -0.144. The standard InChI is InChI=1S/C23H29BBrN3O5/c1-16(2)11-20(24(30)31)27-22(29)23(12-17-7-4-3-5-8-17)13-19(28-33-23)15-32-14-18-9-6-10-21(25)26-18/h3-10,16,20,30-31H,11-15H2,1-2H3,(H,27,29)/t20-,23?/m0/s1. The molecule has 8 nitrogen and oxygen atoms in total. The van der Waals surface area contributed by atoms with Gasteiger partial charge in [-0.05, 0) is 46.0 Å². The third-order valence-electron chi connectivity index (χ3n) is 5.28. The molecule has 0 aliphatic carbocycles. The molecular formula is C23H29BBrN3O5. The lowest BCUT2D eigenvalue weighted by atomic mass is 9.74. The Hall–Kier alpha value is -2.27. The van der Waals surface area contributed by atoms with Crippen LogP contribution in [0, 0.1) is 5.92 Å². The molecule has 1 aromatic heterocycles. The van der Waals surface area contributed by atoms with E-state index in [1.807, 2.05) is 62.4 Å². The fourth-order valence-electron chi connectivity index (χ4n) is 3.71. The molecule has 1 aromatic carbocycles. The maximum atomic E-state index is 13.4. The van der Waals surface area contributed by atoms with E-state index >= 15 is 0 Å². The molecular weight excluding hydrogens is 489 g/mol. The zero-order valence-electron chi connectivity index (χ0n) is 18.8. The quantitative estimate of drug-likeness (QED) is 0.312. The van der Waals surface area contributed by atoms with Crippen molar-refractivity contribution in [3.8, 4) is 0 Å². The second kappa shape index (κ2) is 11.7. The summed E-state index contributed by atoms with van der Waals surface area (Å²) in [5.74, 6) is -1.08. The van der Waals surface area contributed by atoms with Gasteiger partial charge in [-0.3, -0.25) is 4.79 Å². The Morgan fingerprint density at radius 1 is 1.21 bits per heavy atom. The highest BCUT2D eigenvalue weighted by atomic mass is 79.9. The number of carbonyl (C=O) groups excluding carboxylic acids is 1. The van der Waals surface area contributed by atoms with Gasteiger partial charge in [0, 0.05) is 12.8 Å². The first-order valence-electron chi connectivity index (χ1n) is 10.9. The molecule has 0 saturated heterocycles. The van der Waals surface area contributed by atoms with Crippen molar-refractivity contribution in [2.75, 3.05) is 6.61 Å². The molecule has 0 fully saturated rings. The number of hydrogen-bond donors (Lipinski definition) is 3. The highest BCUT2D eigenvalue weighted by Crippen LogP contribution is 2.29. The molecule has 2 aromatic rings. The first kappa shape index (κ1) is 25.4. The number of nitrogens with one attached hydrogen (secondary N) is 1. The fourth-order valence-corrected chi connectivity index (χ4v) is 4.09. The lowest BCUT2D eigenvalue weighted by Gasteiger charge is -2.29. The van der Waals surface area contributed by atoms with Crippen LogP contribution in [0.15, 0.2) is 58.3 Å². The van der Waals surface area contributed by atoms with Crippen molar-refractivity contribution in [3.63, 3.8) is 0 Å². The summed E-state index contributed by atoms with van der Waals surface area (Å²) >= 11 is 3.34. The average Bonchev–Trinajstić information content (AvgIpc) is 3.17. The van der Waals surface area contributed by atoms with Crippen molar-refractivity contribution in [3.05, 3.63) is 64.4 Å². The number of oxime groups is 1. The molecule has 33 heavy (non-hydrogen) atoms. The van der Waals surface area contributed by atoms with Gasteiger partial charge in [-0.1, -0.05) is 55.4 Å². The first-order chi connectivity index (χ1) is 15.8. The van der Waals surface area contributed by atoms with Crippen molar-refractivity contribution in [1.82, 2.24) is 10.3 Å². The zero-order valence-corrected chi connectivity index (χ0v) is 20.4. The predicted molar refractivity (Wildman–Crippen MR) is 129 cm³/mol. The molecule has 176 valence electrons. The summed E-state index contributed by atoms with van der Waals surface area (Å²) in [7, 11) is -1.67. The number of rotatable bonds is 11. The number of ether oxygens (including phenoxy) is 1. The molecule has 0 spiro atoms. The van der Waals surface area contributed by atoms with Crippen molar-refractivity contribution in [1.29, 1.82) is 0 Å². The largest absolute Gasteiger partial charge is 0.475 e. The van der Waals surface area contributed by atoms with Gasteiger partial charge in [0.15, 0.2) is 0 Å². The number of pyridine rings is 1. The molecule has 1 aliphatic heterocycles. The number of amides is 1. The Bertz CT molecular complexity index is 960. The average molecular weight is 518 g/mol. The molecule has 3 rings (SSSR count). The molecule has 1 unspecified atom stereocenters. The molecule has 0 saturated carbocycles. The van der Waals surface area contributed by atoms with E-state index in [0.29, 0.717) is 18.7 Å². The van der Waals surface area contributed by atoms with Crippen LogP contribution in [-0.2, 0) is 27.4 Å². The van der Waals surface area contributed by atoms with Crippen molar-refractivity contribution in [2.24, 2.45) is 11.1 Å². The van der Waals surface area contributed by atoms with Gasteiger partial charge in [-0.25, -0.2) is 4.98 Å². The fraction of sp³-hybridized carbons (Fsp3) is 0.435. The van der Waals surface area contributed by atoms with Crippen LogP contribution in [0.25, 0.3) is 0 Å². The van der Waals surface area contributed by atoms with Crippen LogP contribution in [0.1, 0.15) is 37.9 Å². The monoisotopic (exact) mass is 517 g/mol. The summed E-state index contributed by atoms with van der Waals surface area (Å²) in [5, 5.41) is 26.4. The Balaban J connectivity index is 1.69. The number of nitrogens with zero attached hydrogens (tertiary/aromatic N) is 2. The van der Waals surface area contributed by atoms with E-state index in [0.717, 1.165) is 15.9 Å². The van der Waals surface area contributed by atoms with Crippen molar-refractivity contribution in [2.45, 2.75) is 51.3 Å². The number of aromatic nitrogens is 1. The zero-order chi connectivity index (χ0) is 23.8. The third-order valence-corrected chi connectivity index (χ3v) is 5.72. The van der Waals surface area contributed by atoms with Gasteiger partial charge in [0.25, 0.3) is 5.91 Å². The van der Waals surface area contributed by atoms with Gasteiger partial charge in [0.2, 0.25) is 5.60 Å². The van der Waals surface area contributed by atoms with Crippen LogP contribution in [-0.4, -0.2) is 51.9 Å². The van der Waals surface area contributed by atoms with E-state index in [2.05, 4.69) is 31.4 Å². The van der Waals surface area contributed by atoms with Crippen LogP contribution in [0.4, 0.5) is 0 Å². The van der Waals surface area contributed by atoms with E-state index in [1.165, 1.54) is 0 Å². The van der Waals surface area contributed by atoms with Gasteiger partial charge in [0.1, 0.15) is 4.60 Å². The van der Waals surface area contributed by atoms with Crippen molar-refractivity contribution >= 4 is 34.7 Å². The number of benzene rings is 1. The second-order valence-corrected chi connectivity index (χ2v) is 9.46. The Morgan fingerprint density at radius 2 is 1.97 bits per heavy atom. The van der Waals surface area contributed by atoms with Crippen LogP contribution < -0.4 is 5.32 Å². The third kappa shape index (κ3) is 7.36. The molecule has 0 bridgehead atoms. The number of halogens is 1. The minimum Gasteiger partial charge on any atom is -0.426 e. The van der Waals surface area contributed by atoms with Crippen LogP contribution in [0.5, 0.6) is 0 Å². The topological polar surface area (TPSA) is 113 Å². The summed E-state index contributed by atoms with van der Waals surface area (Å²) in [6.07, 6.45) is 0.937. The minimum atomic E-state index is -1.67. The summed E-state index contributed by atoms with van der Waals surface area (Å²) in [5.41, 5.74) is 0.984. The summed E-state index contributed by atoms with van der Waals surface area (Å²) in [4.78, 5) is 23.4. The molecule has 0 radical (unpaired) electrons. The summed E-state index contributed by atoms with van der Waals surface area (Å²) in [6.45, 7) is 4.39. The highest BCUT2D eigenvalue weighted by Gasteiger charge is 2.48. The number of carbonyl (C=O) groups is 1. The Kier molecular flexibility index (Phi) is 9.02. The van der Waals surface area contributed by atoms with E-state index in [4.69, 9.17) is 9.57 Å². The smallest absolute Gasteiger partial charge is 0.426 e. The molecule has 2 atom stereocenters. The SMILES string of the molecule is CC(C)C[C@H](NC(=O)C1(Cc2ccccc2)CC(COCc2cccc(Br)n2)=NO1)B(O)O. The molecule has 2 heterocycles.